The number of amides is 1. The fourth-order valence-electron chi connectivity index (χ4n) is 1.94. The molecule has 0 aliphatic heterocycles. The molecule has 2 rings (SSSR count). The van der Waals surface area contributed by atoms with Crippen molar-refractivity contribution in [3.8, 4) is 11.5 Å². The van der Waals surface area contributed by atoms with Gasteiger partial charge in [-0.2, -0.15) is 8.78 Å². The fraction of sp³-hybridized carbons (Fsp3) is 0.118. The number of nitrogens with one attached hydrogen (secondary N) is 1. The van der Waals surface area contributed by atoms with Gasteiger partial charge < -0.3 is 14.8 Å². The predicted molar refractivity (Wildman–Crippen MR) is 83.6 cm³/mol. The monoisotopic (exact) mass is 355 g/mol. The highest BCUT2D eigenvalue weighted by atomic mass is 19.3. The highest BCUT2D eigenvalue weighted by Crippen LogP contribution is 2.29. The van der Waals surface area contributed by atoms with Crippen LogP contribution in [0.15, 0.2) is 42.5 Å². The summed E-state index contributed by atoms with van der Waals surface area (Å²) in [4.78, 5) is 11.8. The summed E-state index contributed by atoms with van der Waals surface area (Å²) < 4.78 is 60.6. The van der Waals surface area contributed by atoms with E-state index in [0.717, 1.165) is 18.2 Å². The van der Waals surface area contributed by atoms with Crippen LogP contribution >= 0.6 is 0 Å². The van der Waals surface area contributed by atoms with Gasteiger partial charge >= 0.3 is 6.61 Å². The summed E-state index contributed by atoms with van der Waals surface area (Å²) in [5, 5.41) is 2.08. The van der Waals surface area contributed by atoms with Gasteiger partial charge in [-0.15, -0.1) is 0 Å². The van der Waals surface area contributed by atoms with Crippen LogP contribution in [0.3, 0.4) is 0 Å². The summed E-state index contributed by atoms with van der Waals surface area (Å²) in [5.41, 5.74) is -0.127. The normalized spacial score (nSPS) is 11.0. The summed E-state index contributed by atoms with van der Waals surface area (Å²) in [5.74, 6) is -2.69. The number of para-hydroxylation sites is 1. The van der Waals surface area contributed by atoms with Crippen LogP contribution in [0.25, 0.3) is 6.08 Å². The number of methoxy groups -OCH3 is 1. The first-order valence-corrected chi connectivity index (χ1v) is 6.96. The number of ether oxygens (including phenoxy) is 2. The fourth-order valence-corrected chi connectivity index (χ4v) is 1.94. The van der Waals surface area contributed by atoms with Gasteiger partial charge in [-0.25, -0.2) is 8.78 Å². The van der Waals surface area contributed by atoms with Crippen LogP contribution < -0.4 is 14.8 Å². The highest BCUT2D eigenvalue weighted by molar-refractivity contribution is 6.02. The molecule has 0 aliphatic carbocycles. The lowest BCUT2D eigenvalue weighted by Gasteiger charge is -2.10. The molecule has 4 nitrogen and oxygen atoms in total. The Hall–Kier alpha value is -3.03. The maximum absolute atomic E-state index is 13.5. The zero-order chi connectivity index (χ0) is 18.4. The highest BCUT2D eigenvalue weighted by Gasteiger charge is 2.12. The number of hydrogen-bond acceptors (Lipinski definition) is 3. The number of alkyl halides is 2. The lowest BCUT2D eigenvalue weighted by Crippen LogP contribution is -2.10. The van der Waals surface area contributed by atoms with E-state index >= 15 is 0 Å². The van der Waals surface area contributed by atoms with E-state index < -0.39 is 29.8 Å². The maximum Gasteiger partial charge on any atom is 0.387 e. The van der Waals surface area contributed by atoms with Crippen molar-refractivity contribution in [2.45, 2.75) is 6.61 Å². The van der Waals surface area contributed by atoms with Crippen molar-refractivity contribution in [1.82, 2.24) is 0 Å². The van der Waals surface area contributed by atoms with Crippen LogP contribution in [0.2, 0.25) is 0 Å². The average Bonchev–Trinajstić information content (AvgIpc) is 2.57. The number of anilines is 1. The molecule has 0 saturated heterocycles. The van der Waals surface area contributed by atoms with Gasteiger partial charge in [-0.3, -0.25) is 4.79 Å². The molecule has 2 aromatic rings. The molecular formula is C17H13F4NO3. The van der Waals surface area contributed by atoms with Crippen molar-refractivity contribution in [3.63, 3.8) is 0 Å². The Balaban J connectivity index is 2.12. The molecule has 25 heavy (non-hydrogen) atoms. The lowest BCUT2D eigenvalue weighted by atomic mass is 10.2. The SMILES string of the molecule is COc1cc(/C=C/C(=O)Nc2c(F)cccc2F)ccc1OC(F)F. The molecule has 132 valence electrons. The maximum atomic E-state index is 13.5. The molecule has 0 spiro atoms. The third kappa shape index (κ3) is 4.97. The Labute approximate surface area is 140 Å². The Kier molecular flexibility index (Phi) is 5.99. The number of benzene rings is 2. The molecule has 2 aromatic carbocycles. The van der Waals surface area contributed by atoms with Gasteiger partial charge in [0.1, 0.15) is 17.3 Å². The van der Waals surface area contributed by atoms with Crippen LogP contribution in [0, 0.1) is 11.6 Å². The van der Waals surface area contributed by atoms with Crippen molar-refractivity contribution in [1.29, 1.82) is 0 Å². The molecule has 1 amide bonds. The number of halogens is 4. The van der Waals surface area contributed by atoms with E-state index in [4.69, 9.17) is 4.74 Å². The summed E-state index contributed by atoms with van der Waals surface area (Å²) in [6.45, 7) is -3.00. The minimum Gasteiger partial charge on any atom is -0.493 e. The lowest BCUT2D eigenvalue weighted by molar-refractivity contribution is -0.111. The molecule has 0 atom stereocenters. The first-order chi connectivity index (χ1) is 11.9. The molecule has 0 fully saturated rings. The van der Waals surface area contributed by atoms with Gasteiger partial charge in [-0.1, -0.05) is 12.1 Å². The van der Waals surface area contributed by atoms with Gasteiger partial charge in [0, 0.05) is 6.08 Å². The van der Waals surface area contributed by atoms with E-state index in [0.29, 0.717) is 5.56 Å². The smallest absolute Gasteiger partial charge is 0.387 e. The summed E-state index contributed by atoms with van der Waals surface area (Å²) in [6.07, 6.45) is 2.36. The second kappa shape index (κ2) is 8.18. The summed E-state index contributed by atoms with van der Waals surface area (Å²) in [7, 11) is 1.27. The van der Waals surface area contributed by atoms with E-state index in [2.05, 4.69) is 10.1 Å². The largest absolute Gasteiger partial charge is 0.493 e. The van der Waals surface area contributed by atoms with Crippen LogP contribution in [0.4, 0.5) is 23.2 Å². The molecule has 0 aliphatic rings. The second-order valence-corrected chi connectivity index (χ2v) is 4.71. The van der Waals surface area contributed by atoms with Gasteiger partial charge in [0.05, 0.1) is 7.11 Å². The minimum absolute atomic E-state index is 0.0445. The van der Waals surface area contributed by atoms with Gasteiger partial charge in [-0.05, 0) is 35.9 Å². The number of hydrogen-bond donors (Lipinski definition) is 1. The zero-order valence-corrected chi connectivity index (χ0v) is 12.9. The Morgan fingerprint density at radius 1 is 1.12 bits per heavy atom. The van der Waals surface area contributed by atoms with Crippen molar-refractivity contribution in [3.05, 3.63) is 59.7 Å². The molecule has 0 aromatic heterocycles. The molecule has 0 bridgehead atoms. The Morgan fingerprint density at radius 2 is 1.80 bits per heavy atom. The van der Waals surface area contributed by atoms with E-state index in [9.17, 15) is 22.4 Å². The van der Waals surface area contributed by atoms with Crippen molar-refractivity contribution < 1.29 is 31.8 Å². The Morgan fingerprint density at radius 3 is 2.40 bits per heavy atom. The van der Waals surface area contributed by atoms with E-state index in [1.54, 1.807) is 0 Å². The minimum atomic E-state index is -3.00. The van der Waals surface area contributed by atoms with Crippen LogP contribution in [-0.4, -0.2) is 19.6 Å². The molecule has 0 unspecified atom stereocenters. The average molecular weight is 355 g/mol. The third-order valence-corrected chi connectivity index (χ3v) is 3.04. The van der Waals surface area contributed by atoms with Gasteiger partial charge in [0.25, 0.3) is 0 Å². The van der Waals surface area contributed by atoms with Crippen molar-refractivity contribution >= 4 is 17.7 Å². The molecule has 8 heteroatoms. The van der Waals surface area contributed by atoms with Gasteiger partial charge in [0.2, 0.25) is 5.91 Å². The van der Waals surface area contributed by atoms with Crippen LogP contribution in [0.1, 0.15) is 5.56 Å². The third-order valence-electron chi connectivity index (χ3n) is 3.04. The van der Waals surface area contributed by atoms with Crippen molar-refractivity contribution in [2.24, 2.45) is 0 Å². The van der Waals surface area contributed by atoms with Crippen LogP contribution in [0.5, 0.6) is 11.5 Å². The van der Waals surface area contributed by atoms with Crippen LogP contribution in [-0.2, 0) is 4.79 Å². The zero-order valence-electron chi connectivity index (χ0n) is 12.9. The number of rotatable bonds is 6. The standard InChI is InChI=1S/C17H13F4NO3/c1-24-14-9-10(5-7-13(14)25-17(20)21)6-8-15(23)22-16-11(18)3-2-4-12(16)19/h2-9,17H,1H3,(H,22,23)/b8-6+. The molecule has 1 N–H and O–H groups in total. The predicted octanol–water partition coefficient (Wildman–Crippen LogP) is 4.23. The first kappa shape index (κ1) is 18.3. The molecular weight excluding hydrogens is 342 g/mol. The van der Waals surface area contributed by atoms with E-state index in [1.807, 2.05) is 0 Å². The van der Waals surface area contributed by atoms with E-state index in [-0.39, 0.29) is 11.5 Å². The van der Waals surface area contributed by atoms with E-state index in [1.165, 1.54) is 37.5 Å². The molecule has 0 radical (unpaired) electrons. The Bertz CT molecular complexity index is 773. The first-order valence-electron chi connectivity index (χ1n) is 6.96. The summed E-state index contributed by atoms with van der Waals surface area (Å²) in [6, 6.07) is 7.22. The number of carbonyl (C=O) groups excluding carboxylic acids is 1. The quantitative estimate of drug-likeness (QED) is 0.623. The molecule has 0 saturated carbocycles. The second-order valence-electron chi connectivity index (χ2n) is 4.71. The topological polar surface area (TPSA) is 47.6 Å². The van der Waals surface area contributed by atoms with Crippen molar-refractivity contribution in [2.75, 3.05) is 12.4 Å². The summed E-state index contributed by atoms with van der Waals surface area (Å²) >= 11 is 0. The number of carbonyl (C=O) groups is 1. The molecule has 0 heterocycles. The van der Waals surface area contributed by atoms with Gasteiger partial charge in [0.15, 0.2) is 11.5 Å².